The number of aliphatic imine (C=N–C) groups is 1. The largest absolute Gasteiger partial charge is 0.375 e. The summed E-state index contributed by atoms with van der Waals surface area (Å²) in [6, 6.07) is 7.41. The van der Waals surface area contributed by atoms with Crippen LogP contribution < -0.4 is 11.5 Å². The van der Waals surface area contributed by atoms with Gasteiger partial charge in [-0.2, -0.15) is 0 Å². The van der Waals surface area contributed by atoms with Gasteiger partial charge in [-0.3, -0.25) is 4.99 Å². The number of benzene rings is 1. The van der Waals surface area contributed by atoms with Crippen molar-refractivity contribution in [2.24, 2.45) is 16.5 Å². The van der Waals surface area contributed by atoms with Gasteiger partial charge in [0.1, 0.15) is 6.10 Å². The Morgan fingerprint density at radius 3 is 2.69 bits per heavy atom. The summed E-state index contributed by atoms with van der Waals surface area (Å²) < 4.78 is 5.26. The highest BCUT2D eigenvalue weighted by Crippen LogP contribution is 2.20. The Labute approximate surface area is 117 Å². The van der Waals surface area contributed by atoms with E-state index in [1.807, 2.05) is 18.2 Å². The van der Waals surface area contributed by atoms with E-state index in [4.69, 9.17) is 27.8 Å². The van der Waals surface area contributed by atoms with E-state index < -0.39 is 0 Å². The third kappa shape index (κ3) is 5.00. The Morgan fingerprint density at radius 1 is 1.50 bits per heavy atom. The number of nitrogens with zero attached hydrogens (tertiary/aromatic N) is 1. The SMILES string of the molecule is COC(CN=C(N)N)c1cccc(Cl)c1.I. The smallest absolute Gasteiger partial charge is 0.186 e. The summed E-state index contributed by atoms with van der Waals surface area (Å²) in [5, 5.41) is 0.666. The molecule has 1 unspecified atom stereocenters. The Morgan fingerprint density at radius 2 is 2.19 bits per heavy atom. The molecule has 4 N–H and O–H groups in total. The van der Waals surface area contributed by atoms with Gasteiger partial charge in [-0.25, -0.2) is 0 Å². The van der Waals surface area contributed by atoms with Crippen LogP contribution in [0.3, 0.4) is 0 Å². The van der Waals surface area contributed by atoms with Crippen LogP contribution in [0.25, 0.3) is 0 Å². The molecular weight excluding hydrogens is 340 g/mol. The zero-order chi connectivity index (χ0) is 11.3. The molecule has 6 heteroatoms. The Balaban J connectivity index is 0.00000225. The summed E-state index contributed by atoms with van der Waals surface area (Å²) in [5.41, 5.74) is 11.5. The molecule has 0 bridgehead atoms. The van der Waals surface area contributed by atoms with E-state index >= 15 is 0 Å². The fraction of sp³-hybridized carbons (Fsp3) is 0.300. The second kappa shape index (κ2) is 7.70. The van der Waals surface area contributed by atoms with Gasteiger partial charge in [0.2, 0.25) is 0 Å². The van der Waals surface area contributed by atoms with Crippen molar-refractivity contribution >= 4 is 41.5 Å². The van der Waals surface area contributed by atoms with Gasteiger partial charge < -0.3 is 16.2 Å². The van der Waals surface area contributed by atoms with Crippen molar-refractivity contribution in [2.45, 2.75) is 6.10 Å². The van der Waals surface area contributed by atoms with Crippen LogP contribution in [0.4, 0.5) is 0 Å². The van der Waals surface area contributed by atoms with Gasteiger partial charge in [0.25, 0.3) is 0 Å². The van der Waals surface area contributed by atoms with Crippen LogP contribution in [0.5, 0.6) is 0 Å². The van der Waals surface area contributed by atoms with E-state index in [9.17, 15) is 0 Å². The van der Waals surface area contributed by atoms with Crippen molar-refractivity contribution in [3.63, 3.8) is 0 Å². The molecule has 0 saturated heterocycles. The van der Waals surface area contributed by atoms with Gasteiger partial charge in [-0.1, -0.05) is 23.7 Å². The zero-order valence-electron chi connectivity index (χ0n) is 8.89. The van der Waals surface area contributed by atoms with E-state index in [1.165, 1.54) is 0 Å². The van der Waals surface area contributed by atoms with E-state index in [1.54, 1.807) is 13.2 Å². The maximum atomic E-state index is 5.87. The summed E-state index contributed by atoms with van der Waals surface area (Å²) in [6.45, 7) is 0.388. The average Bonchev–Trinajstić information content (AvgIpc) is 2.18. The molecule has 1 atom stereocenters. The number of methoxy groups -OCH3 is 1. The van der Waals surface area contributed by atoms with Crippen molar-refractivity contribution < 1.29 is 4.74 Å². The normalized spacial score (nSPS) is 11.4. The molecule has 0 amide bonds. The monoisotopic (exact) mass is 355 g/mol. The number of guanidine groups is 1. The molecule has 0 aromatic heterocycles. The molecule has 0 aliphatic rings. The van der Waals surface area contributed by atoms with Gasteiger partial charge in [0, 0.05) is 12.1 Å². The average molecular weight is 356 g/mol. The molecule has 0 radical (unpaired) electrons. The number of hydrogen-bond acceptors (Lipinski definition) is 2. The Kier molecular flexibility index (Phi) is 7.44. The molecule has 0 aliphatic carbocycles. The molecule has 4 nitrogen and oxygen atoms in total. The molecule has 0 aliphatic heterocycles. The van der Waals surface area contributed by atoms with Crippen LogP contribution in [-0.4, -0.2) is 19.6 Å². The minimum Gasteiger partial charge on any atom is -0.375 e. The van der Waals surface area contributed by atoms with Crippen LogP contribution in [0.1, 0.15) is 11.7 Å². The number of hydrogen-bond donors (Lipinski definition) is 2. The Hall–Kier alpha value is -0.530. The van der Waals surface area contributed by atoms with E-state index in [2.05, 4.69) is 4.99 Å². The lowest BCUT2D eigenvalue weighted by Crippen LogP contribution is -2.24. The number of halogens is 2. The summed E-state index contributed by atoms with van der Waals surface area (Å²) >= 11 is 5.87. The van der Waals surface area contributed by atoms with E-state index in [0.717, 1.165) is 5.56 Å². The lowest BCUT2D eigenvalue weighted by atomic mass is 10.1. The van der Waals surface area contributed by atoms with E-state index in [0.29, 0.717) is 11.6 Å². The predicted molar refractivity (Wildman–Crippen MR) is 77.3 cm³/mol. The van der Waals surface area contributed by atoms with Gasteiger partial charge in [0.15, 0.2) is 5.96 Å². The number of ether oxygens (including phenoxy) is 1. The summed E-state index contributed by atoms with van der Waals surface area (Å²) in [6.07, 6.45) is -0.175. The summed E-state index contributed by atoms with van der Waals surface area (Å²) in [5.74, 6) is 0.0547. The van der Waals surface area contributed by atoms with Crippen molar-refractivity contribution in [3.05, 3.63) is 34.9 Å². The molecule has 1 aromatic rings. The highest BCUT2D eigenvalue weighted by Gasteiger charge is 2.09. The van der Waals surface area contributed by atoms with Gasteiger partial charge >= 0.3 is 0 Å². The van der Waals surface area contributed by atoms with Crippen molar-refractivity contribution in [1.82, 2.24) is 0 Å². The number of rotatable bonds is 4. The van der Waals surface area contributed by atoms with E-state index in [-0.39, 0.29) is 36.0 Å². The minimum absolute atomic E-state index is 0. The predicted octanol–water partition coefficient (Wildman–Crippen LogP) is 1.92. The molecule has 0 saturated carbocycles. The van der Waals surface area contributed by atoms with Gasteiger partial charge in [-0.05, 0) is 17.7 Å². The van der Waals surface area contributed by atoms with Crippen LogP contribution in [0.15, 0.2) is 29.3 Å². The third-order valence-corrected chi connectivity index (χ3v) is 2.18. The number of nitrogens with two attached hydrogens (primary N) is 2. The first-order valence-electron chi connectivity index (χ1n) is 4.47. The standard InChI is InChI=1S/C10H14ClN3O.HI/c1-15-9(6-14-10(12)13)7-3-2-4-8(11)5-7;/h2-5,9H,6H2,1H3,(H4,12,13,14);1H. The summed E-state index contributed by atoms with van der Waals surface area (Å²) in [4.78, 5) is 3.91. The molecular formula is C10H15ClIN3O. The first kappa shape index (κ1) is 15.5. The lowest BCUT2D eigenvalue weighted by molar-refractivity contribution is 0.111. The maximum absolute atomic E-state index is 5.87. The second-order valence-corrected chi connectivity index (χ2v) is 3.48. The lowest BCUT2D eigenvalue weighted by Gasteiger charge is -2.13. The zero-order valence-corrected chi connectivity index (χ0v) is 12.0. The topological polar surface area (TPSA) is 73.6 Å². The quantitative estimate of drug-likeness (QED) is 0.492. The van der Waals surface area contributed by atoms with Crippen LogP contribution in [0.2, 0.25) is 5.02 Å². The fourth-order valence-electron chi connectivity index (χ4n) is 1.21. The van der Waals surface area contributed by atoms with Crippen molar-refractivity contribution in [2.75, 3.05) is 13.7 Å². The maximum Gasteiger partial charge on any atom is 0.186 e. The molecule has 90 valence electrons. The second-order valence-electron chi connectivity index (χ2n) is 3.04. The molecule has 0 spiro atoms. The minimum atomic E-state index is -0.175. The third-order valence-electron chi connectivity index (χ3n) is 1.94. The molecule has 1 aromatic carbocycles. The highest BCUT2D eigenvalue weighted by atomic mass is 127. The molecule has 1 rings (SSSR count). The Bertz CT molecular complexity index is 356. The highest BCUT2D eigenvalue weighted by molar-refractivity contribution is 14.0. The summed E-state index contributed by atoms with van der Waals surface area (Å²) in [7, 11) is 1.60. The van der Waals surface area contributed by atoms with Gasteiger partial charge in [0.05, 0.1) is 6.54 Å². The van der Waals surface area contributed by atoms with Crippen LogP contribution >= 0.6 is 35.6 Å². The van der Waals surface area contributed by atoms with Crippen LogP contribution in [-0.2, 0) is 4.74 Å². The fourth-order valence-corrected chi connectivity index (χ4v) is 1.41. The first-order valence-corrected chi connectivity index (χ1v) is 4.85. The van der Waals surface area contributed by atoms with Crippen molar-refractivity contribution in [3.8, 4) is 0 Å². The van der Waals surface area contributed by atoms with Crippen LogP contribution in [0, 0.1) is 0 Å². The first-order chi connectivity index (χ1) is 7.13. The molecule has 16 heavy (non-hydrogen) atoms. The molecule has 0 fully saturated rings. The molecule has 0 heterocycles. The van der Waals surface area contributed by atoms with Crippen molar-refractivity contribution in [1.29, 1.82) is 0 Å². The van der Waals surface area contributed by atoms with Gasteiger partial charge in [-0.15, -0.1) is 24.0 Å².